The van der Waals surface area contributed by atoms with Crippen LogP contribution in [0.3, 0.4) is 0 Å². The third kappa shape index (κ3) is 9.28. The fraction of sp³-hybridized carbons (Fsp3) is 0.182. The molecule has 1 N–H and O–H groups in total. The minimum Gasteiger partial charge on any atom is -0.392 e. The highest BCUT2D eigenvalue weighted by Crippen LogP contribution is 2.01. The number of aliphatic hydroxyl groups excluding tert-OH is 1. The Balaban J connectivity index is 0.000000175. The van der Waals surface area contributed by atoms with Gasteiger partial charge in [-0.1, -0.05) is 102 Å². The van der Waals surface area contributed by atoms with E-state index in [1.54, 1.807) is 0 Å². The summed E-state index contributed by atoms with van der Waals surface area (Å²) in [4.78, 5) is 0. The topological polar surface area (TPSA) is 20.2 Å². The molecule has 1 heteroatoms. The van der Waals surface area contributed by atoms with Crippen molar-refractivity contribution in [2.45, 2.75) is 27.4 Å². The van der Waals surface area contributed by atoms with E-state index < -0.39 is 0 Å². The van der Waals surface area contributed by atoms with Crippen LogP contribution in [0.15, 0.2) is 84.9 Å². The molecule has 0 spiro atoms. The molecule has 120 valence electrons. The summed E-state index contributed by atoms with van der Waals surface area (Å²) in [6.45, 7) is 6.33. The Morgan fingerprint density at radius 2 is 0.870 bits per heavy atom. The Morgan fingerprint density at radius 3 is 1.13 bits per heavy atom. The molecule has 0 fully saturated rings. The van der Waals surface area contributed by atoms with Gasteiger partial charge in [-0.25, -0.2) is 0 Å². The normalized spacial score (nSPS) is 9.04. The predicted molar refractivity (Wildman–Crippen MR) is 99.5 cm³/mol. The monoisotopic (exact) mass is 306 g/mol. The van der Waals surface area contributed by atoms with Crippen molar-refractivity contribution in [1.82, 2.24) is 0 Å². The van der Waals surface area contributed by atoms with Crippen LogP contribution in [0.5, 0.6) is 0 Å². The number of aliphatic hydroxyl groups is 1. The second-order valence-electron chi connectivity index (χ2n) is 5.45. The van der Waals surface area contributed by atoms with Gasteiger partial charge in [0.05, 0.1) is 6.61 Å². The number of aryl methyl sites for hydroxylation is 3. The maximum Gasteiger partial charge on any atom is 0.0681 e. The first kappa shape index (κ1) is 18.7. The summed E-state index contributed by atoms with van der Waals surface area (Å²) >= 11 is 0. The minimum absolute atomic E-state index is 0.139. The lowest BCUT2D eigenvalue weighted by Crippen LogP contribution is -1.80. The van der Waals surface area contributed by atoms with Gasteiger partial charge in [-0.2, -0.15) is 0 Å². The third-order valence-electron chi connectivity index (χ3n) is 3.18. The van der Waals surface area contributed by atoms with Crippen molar-refractivity contribution in [3.63, 3.8) is 0 Å². The summed E-state index contributed by atoms with van der Waals surface area (Å²) < 4.78 is 0. The van der Waals surface area contributed by atoms with Crippen molar-refractivity contribution in [2.24, 2.45) is 0 Å². The molecule has 23 heavy (non-hydrogen) atoms. The zero-order valence-electron chi connectivity index (χ0n) is 14.2. The predicted octanol–water partition coefficient (Wildman–Crippen LogP) is 5.48. The molecular weight excluding hydrogens is 280 g/mol. The molecule has 0 radical (unpaired) electrons. The van der Waals surface area contributed by atoms with E-state index in [4.69, 9.17) is 5.11 Å². The first-order valence-corrected chi connectivity index (χ1v) is 7.81. The van der Waals surface area contributed by atoms with Gasteiger partial charge in [0, 0.05) is 0 Å². The SMILES string of the molecule is Cc1ccc(CO)cc1.Cc1ccccc1.Cc1ccccc1. The summed E-state index contributed by atoms with van der Waals surface area (Å²) in [5.41, 5.74) is 4.85. The van der Waals surface area contributed by atoms with Gasteiger partial charge in [-0.3, -0.25) is 0 Å². The average Bonchev–Trinajstić information content (AvgIpc) is 2.58. The molecule has 3 rings (SSSR count). The number of rotatable bonds is 1. The second-order valence-corrected chi connectivity index (χ2v) is 5.45. The van der Waals surface area contributed by atoms with E-state index in [-0.39, 0.29) is 6.61 Å². The van der Waals surface area contributed by atoms with E-state index in [2.05, 4.69) is 38.1 Å². The number of hydrogen-bond donors (Lipinski definition) is 1. The van der Waals surface area contributed by atoms with E-state index in [1.165, 1.54) is 16.7 Å². The largest absolute Gasteiger partial charge is 0.392 e. The lowest BCUT2D eigenvalue weighted by Gasteiger charge is -1.93. The zero-order valence-corrected chi connectivity index (χ0v) is 14.2. The van der Waals surface area contributed by atoms with Gasteiger partial charge in [0.2, 0.25) is 0 Å². The Hall–Kier alpha value is -2.38. The fourth-order valence-corrected chi connectivity index (χ4v) is 1.76. The summed E-state index contributed by atoms with van der Waals surface area (Å²) in [5, 5.41) is 8.63. The van der Waals surface area contributed by atoms with E-state index in [1.807, 2.05) is 67.6 Å². The lowest BCUT2D eigenvalue weighted by molar-refractivity contribution is 0.282. The van der Waals surface area contributed by atoms with Crippen LogP contribution in [0.2, 0.25) is 0 Å². The number of hydrogen-bond acceptors (Lipinski definition) is 1. The molecule has 1 nitrogen and oxygen atoms in total. The molecule has 3 aromatic carbocycles. The highest BCUT2D eigenvalue weighted by atomic mass is 16.3. The summed E-state index contributed by atoms with van der Waals surface area (Å²) in [5.74, 6) is 0. The highest BCUT2D eigenvalue weighted by Gasteiger charge is 1.85. The molecule has 0 atom stereocenters. The summed E-state index contributed by atoms with van der Waals surface area (Å²) in [7, 11) is 0. The third-order valence-corrected chi connectivity index (χ3v) is 3.18. The van der Waals surface area contributed by atoms with E-state index >= 15 is 0 Å². The van der Waals surface area contributed by atoms with Gasteiger partial charge in [-0.15, -0.1) is 0 Å². The Kier molecular flexibility index (Phi) is 9.11. The van der Waals surface area contributed by atoms with Crippen molar-refractivity contribution in [3.8, 4) is 0 Å². The maximum atomic E-state index is 8.63. The van der Waals surface area contributed by atoms with E-state index in [9.17, 15) is 0 Å². The van der Waals surface area contributed by atoms with Crippen LogP contribution in [0, 0.1) is 20.8 Å². The van der Waals surface area contributed by atoms with Crippen LogP contribution in [0.25, 0.3) is 0 Å². The van der Waals surface area contributed by atoms with Gasteiger partial charge in [0.15, 0.2) is 0 Å². The van der Waals surface area contributed by atoms with Crippen LogP contribution >= 0.6 is 0 Å². The van der Waals surface area contributed by atoms with Crippen LogP contribution in [0.1, 0.15) is 22.3 Å². The van der Waals surface area contributed by atoms with Crippen molar-refractivity contribution in [1.29, 1.82) is 0 Å². The van der Waals surface area contributed by atoms with Gasteiger partial charge in [0.25, 0.3) is 0 Å². The van der Waals surface area contributed by atoms with Crippen LogP contribution in [0.4, 0.5) is 0 Å². The molecule has 0 heterocycles. The van der Waals surface area contributed by atoms with E-state index in [0.29, 0.717) is 0 Å². The first-order chi connectivity index (χ1) is 11.1. The number of benzene rings is 3. The Labute approximate surface area is 140 Å². The van der Waals surface area contributed by atoms with Gasteiger partial charge >= 0.3 is 0 Å². The second kappa shape index (κ2) is 11.2. The smallest absolute Gasteiger partial charge is 0.0681 e. The van der Waals surface area contributed by atoms with Gasteiger partial charge in [0.1, 0.15) is 0 Å². The molecule has 0 aliphatic carbocycles. The summed E-state index contributed by atoms with van der Waals surface area (Å²) in [6.07, 6.45) is 0. The quantitative estimate of drug-likeness (QED) is 0.631. The highest BCUT2D eigenvalue weighted by molar-refractivity contribution is 5.20. The molecule has 0 amide bonds. The van der Waals surface area contributed by atoms with E-state index in [0.717, 1.165) is 5.56 Å². The minimum atomic E-state index is 0.139. The van der Waals surface area contributed by atoms with Crippen molar-refractivity contribution in [3.05, 3.63) is 107 Å². The van der Waals surface area contributed by atoms with Crippen molar-refractivity contribution < 1.29 is 5.11 Å². The molecule has 0 aliphatic rings. The molecule has 0 saturated heterocycles. The standard InChI is InChI=1S/C8H10O.2C7H8/c1-7-2-4-8(6-9)5-3-7;2*1-7-5-3-2-4-6-7/h2-5,9H,6H2,1H3;2*2-6H,1H3. The molecule has 3 aromatic rings. The molecule has 0 bridgehead atoms. The van der Waals surface area contributed by atoms with Gasteiger partial charge in [-0.05, 0) is 26.3 Å². The Morgan fingerprint density at radius 1 is 0.522 bits per heavy atom. The van der Waals surface area contributed by atoms with Crippen molar-refractivity contribution in [2.75, 3.05) is 0 Å². The summed E-state index contributed by atoms with van der Waals surface area (Å²) in [6, 6.07) is 28.4. The average molecular weight is 306 g/mol. The zero-order chi connectivity index (χ0) is 16.9. The lowest BCUT2D eigenvalue weighted by atomic mass is 10.2. The molecule has 0 aromatic heterocycles. The molecular formula is C22H26O. The first-order valence-electron chi connectivity index (χ1n) is 7.81. The molecule has 0 saturated carbocycles. The molecule has 0 unspecified atom stereocenters. The van der Waals surface area contributed by atoms with Crippen LogP contribution in [-0.2, 0) is 6.61 Å². The fourth-order valence-electron chi connectivity index (χ4n) is 1.76. The maximum absolute atomic E-state index is 8.63. The van der Waals surface area contributed by atoms with Crippen molar-refractivity contribution >= 4 is 0 Å². The van der Waals surface area contributed by atoms with Crippen LogP contribution < -0.4 is 0 Å². The Bertz CT molecular complexity index is 590. The molecule has 0 aliphatic heterocycles. The van der Waals surface area contributed by atoms with Gasteiger partial charge < -0.3 is 5.11 Å². The van der Waals surface area contributed by atoms with Crippen LogP contribution in [-0.4, -0.2) is 5.11 Å².